The second kappa shape index (κ2) is 12.9. The van der Waals surface area contributed by atoms with Gasteiger partial charge in [-0.1, -0.05) is 27.3 Å². The van der Waals surface area contributed by atoms with Crippen LogP contribution in [-0.4, -0.2) is 37.5 Å². The van der Waals surface area contributed by atoms with E-state index in [0.717, 1.165) is 12.7 Å². The first-order chi connectivity index (χ1) is 19.0. The number of carbonyl (C=O) groups excluding carboxylic acids is 1. The molecule has 1 atom stereocenters. The lowest BCUT2D eigenvalue weighted by molar-refractivity contribution is -0.139. The number of thiazole rings is 1. The van der Waals surface area contributed by atoms with Crippen molar-refractivity contribution in [3.05, 3.63) is 78.0 Å². The van der Waals surface area contributed by atoms with Gasteiger partial charge in [-0.2, -0.15) is 0 Å². The summed E-state index contributed by atoms with van der Waals surface area (Å²) in [6.45, 7) is 7.60. The minimum Gasteiger partial charge on any atom is -0.493 e. The van der Waals surface area contributed by atoms with Crippen molar-refractivity contribution in [2.24, 2.45) is 4.99 Å². The maximum atomic E-state index is 14.1. The Hall–Kier alpha value is -1.91. The molecular formula is C28H27BrI2N2O6S. The van der Waals surface area contributed by atoms with Crippen LogP contribution >= 0.6 is 72.4 Å². The fraction of sp³-hybridized carbons (Fsp3) is 0.321. The molecule has 2 heterocycles. The molecule has 0 spiro atoms. The maximum Gasteiger partial charge on any atom is 0.338 e. The number of methoxy groups -OCH3 is 2. The van der Waals surface area contributed by atoms with E-state index in [2.05, 4.69) is 66.1 Å². The Kier molecular flexibility index (Phi) is 10.0. The van der Waals surface area contributed by atoms with Gasteiger partial charge < -0.3 is 18.9 Å². The highest BCUT2D eigenvalue weighted by molar-refractivity contribution is 14.1. The average Bonchev–Trinajstić information content (AvgIpc) is 3.19. The predicted octanol–water partition coefficient (Wildman–Crippen LogP) is 5.57. The Labute approximate surface area is 271 Å². The van der Waals surface area contributed by atoms with Gasteiger partial charge in [-0.15, -0.1) is 0 Å². The van der Waals surface area contributed by atoms with Crippen LogP contribution in [0, 0.1) is 7.14 Å². The quantitative estimate of drug-likeness (QED) is 0.218. The molecule has 1 aliphatic rings. The molecule has 0 unspecified atom stereocenters. The van der Waals surface area contributed by atoms with Crippen LogP contribution in [0.15, 0.2) is 49.8 Å². The number of allylic oxidation sites excluding steroid dienone is 1. The number of esters is 1. The van der Waals surface area contributed by atoms with E-state index in [1.807, 2.05) is 32.1 Å². The topological polar surface area (TPSA) is 88.4 Å². The van der Waals surface area contributed by atoms with E-state index in [-0.39, 0.29) is 23.8 Å². The highest BCUT2D eigenvalue weighted by atomic mass is 127. The Bertz CT molecular complexity index is 1700. The van der Waals surface area contributed by atoms with Crippen molar-refractivity contribution in [3.63, 3.8) is 0 Å². The van der Waals surface area contributed by atoms with E-state index in [1.54, 1.807) is 37.7 Å². The predicted molar refractivity (Wildman–Crippen MR) is 175 cm³/mol. The fourth-order valence-corrected chi connectivity index (χ4v) is 7.95. The molecule has 0 amide bonds. The van der Waals surface area contributed by atoms with Crippen LogP contribution < -0.4 is 29.1 Å². The molecule has 0 N–H and O–H groups in total. The van der Waals surface area contributed by atoms with Crippen LogP contribution in [0.3, 0.4) is 0 Å². The first-order valence-electron chi connectivity index (χ1n) is 12.3. The standard InChI is InChI=1S/C28H27BrI2N2O6S/c1-7-38-27(35)23-14(4)32-28-33(24(23)17-11-20(36-5)21(37-6)12-18(17)29)26(34)22(40-28)9-15-8-16(30)10-19(31)25(15)39-13(2)3/h8-13,24H,7H2,1-6H3/b22-9-/t24-/m1/s1. The summed E-state index contributed by atoms with van der Waals surface area (Å²) in [5, 5.41) is 0. The number of benzene rings is 2. The first kappa shape index (κ1) is 31.0. The summed E-state index contributed by atoms with van der Waals surface area (Å²) >= 11 is 9.39. The molecule has 1 aliphatic heterocycles. The molecule has 0 saturated heterocycles. The lowest BCUT2D eigenvalue weighted by atomic mass is 9.95. The van der Waals surface area contributed by atoms with Crippen LogP contribution in [0.4, 0.5) is 0 Å². The molecule has 0 bridgehead atoms. The lowest BCUT2D eigenvalue weighted by Crippen LogP contribution is -2.40. The van der Waals surface area contributed by atoms with Crippen LogP contribution in [0.5, 0.6) is 17.2 Å². The summed E-state index contributed by atoms with van der Waals surface area (Å²) in [6.07, 6.45) is 1.79. The zero-order chi connectivity index (χ0) is 29.3. The van der Waals surface area contributed by atoms with Gasteiger partial charge in [0, 0.05) is 13.6 Å². The van der Waals surface area contributed by atoms with E-state index in [4.69, 9.17) is 18.9 Å². The van der Waals surface area contributed by atoms with Gasteiger partial charge >= 0.3 is 5.97 Å². The Morgan fingerprint density at radius 2 is 1.85 bits per heavy atom. The minimum absolute atomic E-state index is 0.0425. The molecule has 40 heavy (non-hydrogen) atoms. The Morgan fingerprint density at radius 3 is 2.48 bits per heavy atom. The van der Waals surface area contributed by atoms with Crippen molar-refractivity contribution in [3.8, 4) is 17.2 Å². The molecule has 8 nitrogen and oxygen atoms in total. The zero-order valence-corrected chi connectivity index (χ0v) is 29.4. The third-order valence-corrected chi connectivity index (χ3v) is 9.09. The van der Waals surface area contributed by atoms with Crippen molar-refractivity contribution in [2.75, 3.05) is 20.8 Å². The zero-order valence-electron chi connectivity index (χ0n) is 22.6. The van der Waals surface area contributed by atoms with Gasteiger partial charge in [0.05, 0.1) is 52.3 Å². The first-order valence-corrected chi connectivity index (χ1v) is 16.0. The van der Waals surface area contributed by atoms with Gasteiger partial charge in [0.1, 0.15) is 5.75 Å². The van der Waals surface area contributed by atoms with Crippen molar-refractivity contribution in [1.82, 2.24) is 4.57 Å². The summed E-state index contributed by atoms with van der Waals surface area (Å²) in [6, 6.07) is 6.72. The molecule has 2 aromatic carbocycles. The number of carbonyl (C=O) groups is 1. The number of aromatic nitrogens is 1. The number of ether oxygens (including phenoxy) is 4. The maximum absolute atomic E-state index is 14.1. The Morgan fingerprint density at radius 1 is 1.18 bits per heavy atom. The molecule has 3 aromatic rings. The summed E-state index contributed by atoms with van der Waals surface area (Å²) in [4.78, 5) is 32.5. The van der Waals surface area contributed by atoms with E-state index < -0.39 is 12.0 Å². The van der Waals surface area contributed by atoms with Crippen molar-refractivity contribution >= 4 is 84.5 Å². The van der Waals surface area contributed by atoms with E-state index in [1.165, 1.54) is 18.4 Å². The molecule has 212 valence electrons. The number of nitrogens with zero attached hydrogens (tertiary/aromatic N) is 2. The summed E-state index contributed by atoms with van der Waals surface area (Å²) < 4.78 is 27.2. The lowest BCUT2D eigenvalue weighted by Gasteiger charge is -2.26. The number of fused-ring (bicyclic) bond motifs is 1. The van der Waals surface area contributed by atoms with Crippen LogP contribution in [-0.2, 0) is 9.53 Å². The van der Waals surface area contributed by atoms with Gasteiger partial charge in [-0.25, -0.2) is 9.79 Å². The molecule has 0 aliphatic carbocycles. The molecular weight excluding hydrogens is 826 g/mol. The Balaban J connectivity index is 2.03. The molecule has 0 saturated carbocycles. The van der Waals surface area contributed by atoms with Gasteiger partial charge in [-0.3, -0.25) is 9.36 Å². The smallest absolute Gasteiger partial charge is 0.338 e. The molecule has 4 rings (SSSR count). The number of hydrogen-bond acceptors (Lipinski definition) is 8. The van der Waals surface area contributed by atoms with E-state index in [9.17, 15) is 9.59 Å². The van der Waals surface area contributed by atoms with Crippen LogP contribution in [0.25, 0.3) is 6.08 Å². The fourth-order valence-electron chi connectivity index (χ4n) is 4.35. The van der Waals surface area contributed by atoms with Crippen molar-refractivity contribution in [1.29, 1.82) is 0 Å². The van der Waals surface area contributed by atoms with Crippen LogP contribution in [0.1, 0.15) is 44.9 Å². The number of hydrogen-bond donors (Lipinski definition) is 0. The second-order valence-electron chi connectivity index (χ2n) is 9.00. The van der Waals surface area contributed by atoms with E-state index >= 15 is 0 Å². The third kappa shape index (κ3) is 6.14. The molecule has 0 radical (unpaired) electrons. The highest BCUT2D eigenvalue weighted by Crippen LogP contribution is 2.41. The summed E-state index contributed by atoms with van der Waals surface area (Å²) in [5.74, 6) is 1.15. The molecule has 1 aromatic heterocycles. The molecule has 12 heteroatoms. The monoisotopic (exact) mass is 852 g/mol. The molecule has 0 fully saturated rings. The number of halogens is 3. The summed E-state index contributed by atoms with van der Waals surface area (Å²) in [5.41, 5.74) is 1.90. The van der Waals surface area contributed by atoms with Gasteiger partial charge in [0.15, 0.2) is 16.3 Å². The minimum atomic E-state index is -0.811. The van der Waals surface area contributed by atoms with Crippen LogP contribution in [0.2, 0.25) is 0 Å². The normalized spacial score (nSPS) is 15.2. The van der Waals surface area contributed by atoms with E-state index in [0.29, 0.717) is 42.3 Å². The number of rotatable bonds is 8. The second-order valence-corrected chi connectivity index (χ2v) is 13.3. The highest BCUT2D eigenvalue weighted by Gasteiger charge is 2.35. The van der Waals surface area contributed by atoms with Crippen molar-refractivity contribution in [2.45, 2.75) is 39.8 Å². The average molecular weight is 853 g/mol. The van der Waals surface area contributed by atoms with Gasteiger partial charge in [0.25, 0.3) is 5.56 Å². The SMILES string of the molecule is CCOC(=O)C1=C(C)N=c2s/c(=C\c3cc(I)cc(I)c3OC(C)C)c(=O)n2[C@@H]1c1cc(OC)c(OC)cc1Br. The van der Waals surface area contributed by atoms with Gasteiger partial charge in [-0.05, 0) is 109 Å². The third-order valence-electron chi connectivity index (χ3n) is 5.99. The summed E-state index contributed by atoms with van der Waals surface area (Å²) in [7, 11) is 3.08. The van der Waals surface area contributed by atoms with Gasteiger partial charge in [0.2, 0.25) is 0 Å². The van der Waals surface area contributed by atoms with Crippen molar-refractivity contribution < 1.29 is 23.7 Å². The largest absolute Gasteiger partial charge is 0.493 e.